The standard InChI is InChI=1S/C12H14OS/c1-10(8-11(2)13)9-14-12-6-4-3-5-7-12/h3-7,9H,8H2,1-2H3. The number of hydrogen-bond acceptors (Lipinski definition) is 2. The van der Waals surface area contributed by atoms with E-state index in [1.807, 2.05) is 30.5 Å². The minimum absolute atomic E-state index is 0.215. The third-order valence-corrected chi connectivity index (χ3v) is 2.73. The first-order valence-corrected chi connectivity index (χ1v) is 5.43. The smallest absolute Gasteiger partial charge is 0.133 e. The predicted octanol–water partition coefficient (Wildman–Crippen LogP) is 3.66. The van der Waals surface area contributed by atoms with E-state index in [2.05, 4.69) is 12.1 Å². The van der Waals surface area contributed by atoms with E-state index in [9.17, 15) is 4.79 Å². The average Bonchev–Trinajstić information content (AvgIpc) is 2.15. The van der Waals surface area contributed by atoms with Gasteiger partial charge in [-0.3, -0.25) is 4.79 Å². The molecular weight excluding hydrogens is 192 g/mol. The molecule has 2 heteroatoms. The summed E-state index contributed by atoms with van der Waals surface area (Å²) in [5.74, 6) is 0.215. The lowest BCUT2D eigenvalue weighted by Gasteiger charge is -1.98. The van der Waals surface area contributed by atoms with Crippen LogP contribution in [0, 0.1) is 0 Å². The van der Waals surface area contributed by atoms with Crippen LogP contribution < -0.4 is 0 Å². The molecule has 0 N–H and O–H groups in total. The first kappa shape index (κ1) is 11.1. The van der Waals surface area contributed by atoms with Crippen LogP contribution in [0.15, 0.2) is 46.2 Å². The summed E-state index contributed by atoms with van der Waals surface area (Å²) in [7, 11) is 0. The molecule has 0 bridgehead atoms. The highest BCUT2D eigenvalue weighted by molar-refractivity contribution is 8.02. The van der Waals surface area contributed by atoms with Gasteiger partial charge in [0, 0.05) is 11.3 Å². The number of Topliss-reactive ketones (excluding diaryl/α,β-unsaturated/α-hetero) is 1. The summed E-state index contributed by atoms with van der Waals surface area (Å²) < 4.78 is 0. The van der Waals surface area contributed by atoms with Crippen LogP contribution in [-0.4, -0.2) is 5.78 Å². The Hall–Kier alpha value is -1.02. The molecule has 0 amide bonds. The highest BCUT2D eigenvalue weighted by Gasteiger charge is 1.95. The summed E-state index contributed by atoms with van der Waals surface area (Å²) >= 11 is 1.66. The Morgan fingerprint density at radius 1 is 1.29 bits per heavy atom. The van der Waals surface area contributed by atoms with Gasteiger partial charge in [0.2, 0.25) is 0 Å². The van der Waals surface area contributed by atoms with Gasteiger partial charge in [0.1, 0.15) is 5.78 Å². The molecule has 0 unspecified atom stereocenters. The molecule has 0 saturated heterocycles. The average molecular weight is 206 g/mol. The number of allylic oxidation sites excluding steroid dienone is 1. The Bertz CT molecular complexity index is 327. The molecule has 0 aliphatic heterocycles. The fourth-order valence-electron chi connectivity index (χ4n) is 1.10. The normalized spacial score (nSPS) is 11.4. The third kappa shape index (κ3) is 4.28. The number of thioether (sulfide) groups is 1. The van der Waals surface area contributed by atoms with E-state index in [0.29, 0.717) is 6.42 Å². The van der Waals surface area contributed by atoms with Crippen LogP contribution >= 0.6 is 11.8 Å². The molecule has 1 aromatic rings. The van der Waals surface area contributed by atoms with E-state index >= 15 is 0 Å². The van der Waals surface area contributed by atoms with Crippen molar-refractivity contribution in [1.82, 2.24) is 0 Å². The fraction of sp³-hybridized carbons (Fsp3) is 0.250. The van der Waals surface area contributed by atoms with Crippen molar-refractivity contribution in [2.45, 2.75) is 25.2 Å². The Morgan fingerprint density at radius 2 is 1.93 bits per heavy atom. The van der Waals surface area contributed by atoms with Gasteiger partial charge in [-0.15, -0.1) is 0 Å². The molecule has 0 atom stereocenters. The molecule has 1 rings (SSSR count). The van der Waals surface area contributed by atoms with Gasteiger partial charge in [0.25, 0.3) is 0 Å². The Balaban J connectivity index is 2.51. The van der Waals surface area contributed by atoms with E-state index in [1.165, 1.54) is 4.90 Å². The number of carbonyl (C=O) groups excluding carboxylic acids is 1. The van der Waals surface area contributed by atoms with E-state index in [-0.39, 0.29) is 5.78 Å². The molecule has 0 fully saturated rings. The molecule has 0 aliphatic carbocycles. The topological polar surface area (TPSA) is 17.1 Å². The quantitative estimate of drug-likeness (QED) is 0.699. The van der Waals surface area contributed by atoms with Crippen molar-refractivity contribution in [2.24, 2.45) is 0 Å². The van der Waals surface area contributed by atoms with Gasteiger partial charge in [-0.05, 0) is 31.4 Å². The second-order valence-corrected chi connectivity index (χ2v) is 4.22. The van der Waals surface area contributed by atoms with E-state index < -0.39 is 0 Å². The van der Waals surface area contributed by atoms with Crippen molar-refractivity contribution in [2.75, 3.05) is 0 Å². The summed E-state index contributed by atoms with van der Waals surface area (Å²) in [6.07, 6.45) is 0.555. The van der Waals surface area contributed by atoms with Gasteiger partial charge < -0.3 is 0 Å². The number of carbonyl (C=O) groups is 1. The van der Waals surface area contributed by atoms with Gasteiger partial charge in [-0.1, -0.05) is 35.5 Å². The largest absolute Gasteiger partial charge is 0.300 e. The summed E-state index contributed by atoms with van der Waals surface area (Å²) in [5.41, 5.74) is 1.12. The highest BCUT2D eigenvalue weighted by Crippen LogP contribution is 2.20. The van der Waals surface area contributed by atoms with Gasteiger partial charge in [0.05, 0.1) is 0 Å². The van der Waals surface area contributed by atoms with Crippen LogP contribution in [0.1, 0.15) is 20.3 Å². The Labute approximate surface area is 89.2 Å². The maximum Gasteiger partial charge on any atom is 0.133 e. The molecule has 0 spiro atoms. The molecule has 0 aliphatic rings. The number of ketones is 1. The molecule has 0 radical (unpaired) electrons. The SMILES string of the molecule is CC(=O)CC(C)=CSc1ccccc1. The fourth-order valence-corrected chi connectivity index (χ4v) is 1.84. The number of benzene rings is 1. The summed E-state index contributed by atoms with van der Waals surface area (Å²) in [5, 5.41) is 2.04. The monoisotopic (exact) mass is 206 g/mol. The van der Waals surface area contributed by atoms with E-state index in [4.69, 9.17) is 0 Å². The van der Waals surface area contributed by atoms with Gasteiger partial charge >= 0.3 is 0 Å². The van der Waals surface area contributed by atoms with E-state index in [1.54, 1.807) is 18.7 Å². The molecule has 74 valence electrons. The van der Waals surface area contributed by atoms with Crippen LogP contribution in [0.3, 0.4) is 0 Å². The molecular formula is C12H14OS. The van der Waals surface area contributed by atoms with Crippen LogP contribution in [0.2, 0.25) is 0 Å². The lowest BCUT2D eigenvalue weighted by atomic mass is 10.2. The minimum Gasteiger partial charge on any atom is -0.300 e. The third-order valence-electron chi connectivity index (χ3n) is 1.67. The second kappa shape index (κ2) is 5.66. The first-order valence-electron chi connectivity index (χ1n) is 4.55. The molecule has 0 aromatic heterocycles. The lowest BCUT2D eigenvalue weighted by Crippen LogP contribution is -1.89. The molecule has 1 aromatic carbocycles. The minimum atomic E-state index is 0.215. The first-order chi connectivity index (χ1) is 6.68. The van der Waals surface area contributed by atoms with Crippen molar-refractivity contribution in [3.05, 3.63) is 41.3 Å². The zero-order chi connectivity index (χ0) is 10.4. The molecule has 0 saturated carbocycles. The molecule has 1 nitrogen and oxygen atoms in total. The Morgan fingerprint density at radius 3 is 2.50 bits per heavy atom. The van der Waals surface area contributed by atoms with Gasteiger partial charge in [-0.2, -0.15) is 0 Å². The van der Waals surface area contributed by atoms with Gasteiger partial charge in [-0.25, -0.2) is 0 Å². The summed E-state index contributed by atoms with van der Waals surface area (Å²) in [6.45, 7) is 3.60. The zero-order valence-electron chi connectivity index (χ0n) is 8.49. The highest BCUT2D eigenvalue weighted by atomic mass is 32.2. The molecule has 0 heterocycles. The van der Waals surface area contributed by atoms with Crippen molar-refractivity contribution in [3.63, 3.8) is 0 Å². The van der Waals surface area contributed by atoms with Crippen LogP contribution in [-0.2, 0) is 4.79 Å². The Kier molecular flexibility index (Phi) is 4.47. The van der Waals surface area contributed by atoms with Crippen LogP contribution in [0.4, 0.5) is 0 Å². The summed E-state index contributed by atoms with van der Waals surface area (Å²) in [4.78, 5) is 12.0. The molecule has 14 heavy (non-hydrogen) atoms. The predicted molar refractivity (Wildman–Crippen MR) is 61.4 cm³/mol. The van der Waals surface area contributed by atoms with Crippen molar-refractivity contribution < 1.29 is 4.79 Å². The van der Waals surface area contributed by atoms with Crippen molar-refractivity contribution >= 4 is 17.5 Å². The van der Waals surface area contributed by atoms with E-state index in [0.717, 1.165) is 5.57 Å². The summed E-state index contributed by atoms with van der Waals surface area (Å²) in [6, 6.07) is 10.1. The van der Waals surface area contributed by atoms with Crippen LogP contribution in [0.5, 0.6) is 0 Å². The second-order valence-electron chi connectivity index (χ2n) is 3.27. The number of hydrogen-bond donors (Lipinski definition) is 0. The van der Waals surface area contributed by atoms with Crippen molar-refractivity contribution in [1.29, 1.82) is 0 Å². The maximum absolute atomic E-state index is 10.8. The van der Waals surface area contributed by atoms with Gasteiger partial charge in [0.15, 0.2) is 0 Å². The van der Waals surface area contributed by atoms with Crippen molar-refractivity contribution in [3.8, 4) is 0 Å². The number of rotatable bonds is 4. The lowest BCUT2D eigenvalue weighted by molar-refractivity contribution is -0.116. The van der Waals surface area contributed by atoms with Crippen LogP contribution in [0.25, 0.3) is 0 Å². The maximum atomic E-state index is 10.8. The zero-order valence-corrected chi connectivity index (χ0v) is 9.30.